The number of anilines is 1. The number of hydrogen-bond acceptors (Lipinski definition) is 4. The van der Waals surface area contributed by atoms with Crippen molar-refractivity contribution in [2.45, 2.75) is 40.0 Å². The van der Waals surface area contributed by atoms with Gasteiger partial charge in [0.05, 0.1) is 6.54 Å². The molecule has 1 aliphatic rings. The van der Waals surface area contributed by atoms with E-state index in [1.165, 1.54) is 16.7 Å². The molecule has 0 bridgehead atoms. The normalized spacial score (nSPS) is 14.2. The quantitative estimate of drug-likeness (QED) is 0.632. The summed E-state index contributed by atoms with van der Waals surface area (Å²) in [6, 6.07) is 14.3. The summed E-state index contributed by atoms with van der Waals surface area (Å²) in [5.41, 5.74) is 5.53. The van der Waals surface area contributed by atoms with E-state index in [9.17, 15) is 4.79 Å². The van der Waals surface area contributed by atoms with Crippen LogP contribution in [0, 0.1) is 13.8 Å². The van der Waals surface area contributed by atoms with Crippen molar-refractivity contribution in [3.63, 3.8) is 0 Å². The van der Waals surface area contributed by atoms with Gasteiger partial charge in [-0.15, -0.1) is 0 Å². The Hall–Kier alpha value is -2.07. The smallest absolute Gasteiger partial charge is 0.182 e. The highest BCUT2D eigenvalue weighted by Gasteiger charge is 2.22. The molecule has 0 amide bonds. The first-order chi connectivity index (χ1) is 13.0. The van der Waals surface area contributed by atoms with E-state index in [0.717, 1.165) is 35.1 Å². The Morgan fingerprint density at radius 3 is 2.52 bits per heavy atom. The lowest BCUT2D eigenvalue weighted by atomic mass is 10.0. The standard InChI is InChI=1S/C23H28N2OS/c1-16(2)19-9-11-20(12-10-19)22(26)15-25(23-24-13-6-14-27-23)21-8-5-7-17(3)18(21)4/h5,7-12,16H,6,13-15H2,1-4H3. The van der Waals surface area contributed by atoms with Gasteiger partial charge in [0.25, 0.3) is 0 Å². The minimum atomic E-state index is 0.125. The molecule has 0 saturated heterocycles. The highest BCUT2D eigenvalue weighted by atomic mass is 32.2. The first-order valence-corrected chi connectivity index (χ1v) is 10.6. The van der Waals surface area contributed by atoms with Crippen molar-refractivity contribution in [2.75, 3.05) is 23.7 Å². The number of hydrogen-bond donors (Lipinski definition) is 0. The fraction of sp³-hybridized carbons (Fsp3) is 0.391. The molecule has 0 saturated carbocycles. The maximum atomic E-state index is 13.0. The number of aryl methyl sites for hydroxylation is 1. The van der Waals surface area contributed by atoms with Crippen LogP contribution >= 0.6 is 11.8 Å². The monoisotopic (exact) mass is 380 g/mol. The maximum Gasteiger partial charge on any atom is 0.182 e. The molecule has 0 atom stereocenters. The number of thioether (sulfide) groups is 1. The number of nitrogens with zero attached hydrogens (tertiary/aromatic N) is 2. The molecule has 0 N–H and O–H groups in total. The lowest BCUT2D eigenvalue weighted by Crippen LogP contribution is -2.36. The second kappa shape index (κ2) is 8.75. The van der Waals surface area contributed by atoms with Crippen LogP contribution in [-0.4, -0.2) is 29.8 Å². The molecule has 1 aliphatic heterocycles. The Labute approximate surface area is 166 Å². The summed E-state index contributed by atoms with van der Waals surface area (Å²) < 4.78 is 0. The van der Waals surface area contributed by atoms with Crippen LogP contribution in [0.3, 0.4) is 0 Å². The van der Waals surface area contributed by atoms with Gasteiger partial charge in [0.2, 0.25) is 0 Å². The van der Waals surface area contributed by atoms with Crippen molar-refractivity contribution in [3.8, 4) is 0 Å². The van der Waals surface area contributed by atoms with Crippen molar-refractivity contribution >= 4 is 28.4 Å². The molecule has 3 nitrogen and oxygen atoms in total. The van der Waals surface area contributed by atoms with Crippen LogP contribution < -0.4 is 4.90 Å². The summed E-state index contributed by atoms with van der Waals surface area (Å²) in [6.45, 7) is 9.71. The van der Waals surface area contributed by atoms with E-state index in [-0.39, 0.29) is 5.78 Å². The van der Waals surface area contributed by atoms with Crippen LogP contribution in [0.5, 0.6) is 0 Å². The molecule has 0 fully saturated rings. The van der Waals surface area contributed by atoms with Gasteiger partial charge in [0.1, 0.15) is 0 Å². The van der Waals surface area contributed by atoms with E-state index in [0.29, 0.717) is 12.5 Å². The molecule has 2 aromatic rings. The zero-order chi connectivity index (χ0) is 19.4. The van der Waals surface area contributed by atoms with Crippen LogP contribution in [0.2, 0.25) is 0 Å². The van der Waals surface area contributed by atoms with Gasteiger partial charge in [0, 0.05) is 23.5 Å². The van der Waals surface area contributed by atoms with Crippen LogP contribution in [0.25, 0.3) is 0 Å². The summed E-state index contributed by atoms with van der Waals surface area (Å²) >= 11 is 1.75. The van der Waals surface area contributed by atoms with Gasteiger partial charge in [-0.25, -0.2) is 0 Å². The van der Waals surface area contributed by atoms with Gasteiger partial charge in [-0.1, -0.05) is 62.0 Å². The molecule has 1 heterocycles. The lowest BCUT2D eigenvalue weighted by Gasteiger charge is -2.29. The fourth-order valence-corrected chi connectivity index (χ4v) is 4.14. The molecule has 0 radical (unpaired) electrons. The minimum absolute atomic E-state index is 0.125. The molecule has 27 heavy (non-hydrogen) atoms. The Morgan fingerprint density at radius 2 is 1.89 bits per heavy atom. The maximum absolute atomic E-state index is 13.0. The summed E-state index contributed by atoms with van der Waals surface area (Å²) in [5, 5.41) is 0.960. The Morgan fingerprint density at radius 1 is 1.15 bits per heavy atom. The molecule has 2 aromatic carbocycles. The zero-order valence-corrected chi connectivity index (χ0v) is 17.5. The third kappa shape index (κ3) is 4.62. The van der Waals surface area contributed by atoms with Crippen molar-refractivity contribution < 1.29 is 4.79 Å². The van der Waals surface area contributed by atoms with Crippen molar-refractivity contribution in [1.82, 2.24) is 0 Å². The molecular formula is C23H28N2OS. The summed E-state index contributed by atoms with van der Waals surface area (Å²) in [4.78, 5) is 19.9. The first kappa shape index (κ1) is 19.7. The van der Waals surface area contributed by atoms with Crippen LogP contribution in [0.15, 0.2) is 47.5 Å². The van der Waals surface area contributed by atoms with Gasteiger partial charge in [0.15, 0.2) is 11.0 Å². The summed E-state index contributed by atoms with van der Waals surface area (Å²) in [5.74, 6) is 1.64. The fourth-order valence-electron chi connectivity index (χ4n) is 3.18. The topological polar surface area (TPSA) is 32.7 Å². The average molecular weight is 381 g/mol. The van der Waals surface area contributed by atoms with Crippen molar-refractivity contribution in [2.24, 2.45) is 4.99 Å². The molecule has 0 spiro atoms. The predicted octanol–water partition coefficient (Wildman–Crippen LogP) is 5.61. The molecular weight excluding hydrogens is 352 g/mol. The SMILES string of the molecule is Cc1cccc(N(CC(=O)c2ccc(C(C)C)cc2)C2=NCCCS2)c1C. The van der Waals surface area contributed by atoms with E-state index in [2.05, 4.69) is 62.9 Å². The number of rotatable bonds is 5. The highest BCUT2D eigenvalue weighted by Crippen LogP contribution is 2.28. The Kier molecular flexibility index (Phi) is 6.38. The van der Waals surface area contributed by atoms with Gasteiger partial charge in [-0.05, 0) is 48.9 Å². The van der Waals surface area contributed by atoms with E-state index in [1.807, 2.05) is 12.1 Å². The second-order valence-electron chi connectivity index (χ2n) is 7.37. The van der Waals surface area contributed by atoms with Gasteiger partial charge < -0.3 is 4.90 Å². The number of aliphatic imine (C=N–C) groups is 1. The predicted molar refractivity (Wildman–Crippen MR) is 118 cm³/mol. The van der Waals surface area contributed by atoms with Crippen LogP contribution in [0.1, 0.15) is 53.2 Å². The third-order valence-electron chi connectivity index (χ3n) is 5.08. The van der Waals surface area contributed by atoms with E-state index in [4.69, 9.17) is 4.99 Å². The number of ketones is 1. The number of carbonyl (C=O) groups is 1. The number of amidine groups is 1. The molecule has 0 aromatic heterocycles. The number of carbonyl (C=O) groups excluding carboxylic acids is 1. The first-order valence-electron chi connectivity index (χ1n) is 9.61. The van der Waals surface area contributed by atoms with E-state index in [1.54, 1.807) is 11.8 Å². The van der Waals surface area contributed by atoms with Crippen molar-refractivity contribution in [1.29, 1.82) is 0 Å². The minimum Gasteiger partial charge on any atom is -0.313 e. The third-order valence-corrected chi connectivity index (χ3v) is 6.18. The number of Topliss-reactive ketones (excluding diaryl/α,β-unsaturated/α-hetero) is 1. The summed E-state index contributed by atoms with van der Waals surface area (Å²) in [6.07, 6.45) is 1.10. The van der Waals surface area contributed by atoms with Crippen LogP contribution in [0.4, 0.5) is 5.69 Å². The Bertz CT molecular complexity index is 840. The second-order valence-corrected chi connectivity index (χ2v) is 8.43. The van der Waals surface area contributed by atoms with Crippen LogP contribution in [-0.2, 0) is 0 Å². The Balaban J connectivity index is 1.90. The van der Waals surface area contributed by atoms with E-state index < -0.39 is 0 Å². The van der Waals surface area contributed by atoms with Gasteiger partial charge >= 0.3 is 0 Å². The zero-order valence-electron chi connectivity index (χ0n) is 16.7. The van der Waals surface area contributed by atoms with Crippen molar-refractivity contribution in [3.05, 3.63) is 64.7 Å². The molecule has 0 aliphatic carbocycles. The average Bonchev–Trinajstić information content (AvgIpc) is 2.69. The largest absolute Gasteiger partial charge is 0.313 e. The lowest BCUT2D eigenvalue weighted by molar-refractivity contribution is 0.100. The van der Waals surface area contributed by atoms with Gasteiger partial charge in [-0.2, -0.15) is 0 Å². The molecule has 142 valence electrons. The number of benzene rings is 2. The highest BCUT2D eigenvalue weighted by molar-refractivity contribution is 8.14. The summed E-state index contributed by atoms with van der Waals surface area (Å²) in [7, 11) is 0. The molecule has 3 rings (SSSR count). The van der Waals surface area contributed by atoms with E-state index >= 15 is 0 Å². The molecule has 4 heteroatoms. The van der Waals surface area contributed by atoms with Gasteiger partial charge in [-0.3, -0.25) is 9.79 Å². The molecule has 0 unspecified atom stereocenters.